The Bertz CT molecular complexity index is 331. The first-order valence-electron chi connectivity index (χ1n) is 5.07. The summed E-state index contributed by atoms with van der Waals surface area (Å²) >= 11 is 0. The Morgan fingerprint density at radius 2 is 1.80 bits per heavy atom. The number of methoxy groups -OCH3 is 2. The molecule has 0 amide bonds. The quantitative estimate of drug-likeness (QED) is 0.709. The number of epoxide rings is 1. The van der Waals surface area contributed by atoms with Crippen LogP contribution in [0.1, 0.15) is 11.1 Å². The third-order valence-corrected chi connectivity index (χ3v) is 2.59. The fraction of sp³-hybridized carbons (Fsp3) is 0.500. The molecule has 0 spiro atoms. The van der Waals surface area contributed by atoms with Crippen LogP contribution >= 0.6 is 0 Å². The van der Waals surface area contributed by atoms with Crippen molar-refractivity contribution >= 4 is 0 Å². The second-order valence-electron chi connectivity index (χ2n) is 3.81. The molecule has 0 bridgehead atoms. The van der Waals surface area contributed by atoms with Crippen molar-refractivity contribution in [1.29, 1.82) is 0 Å². The summed E-state index contributed by atoms with van der Waals surface area (Å²) in [4.78, 5) is 0. The number of hydrogen-bond acceptors (Lipinski definition) is 3. The van der Waals surface area contributed by atoms with Gasteiger partial charge in [-0.15, -0.1) is 0 Å². The van der Waals surface area contributed by atoms with Crippen LogP contribution in [-0.4, -0.2) is 26.9 Å². The highest BCUT2D eigenvalue weighted by molar-refractivity contribution is 5.48. The van der Waals surface area contributed by atoms with Gasteiger partial charge in [-0.05, 0) is 24.6 Å². The Labute approximate surface area is 90.0 Å². The summed E-state index contributed by atoms with van der Waals surface area (Å²) in [6.07, 6.45) is 1.21. The molecule has 1 fully saturated rings. The molecular weight excluding hydrogens is 192 g/mol. The van der Waals surface area contributed by atoms with Crippen LogP contribution in [0.15, 0.2) is 12.1 Å². The maximum absolute atomic E-state index is 5.36. The Hall–Kier alpha value is -1.22. The lowest BCUT2D eigenvalue weighted by Gasteiger charge is -2.13. The first kappa shape index (κ1) is 10.3. The Morgan fingerprint density at radius 3 is 2.20 bits per heavy atom. The van der Waals surface area contributed by atoms with E-state index in [-0.39, 0.29) is 0 Å². The predicted molar refractivity (Wildman–Crippen MR) is 57.7 cm³/mol. The highest BCUT2D eigenvalue weighted by atomic mass is 16.6. The van der Waals surface area contributed by atoms with Gasteiger partial charge in [0.15, 0.2) is 0 Å². The topological polar surface area (TPSA) is 31.0 Å². The summed E-state index contributed by atoms with van der Waals surface area (Å²) in [7, 11) is 3.37. The zero-order valence-electron chi connectivity index (χ0n) is 9.37. The first-order valence-corrected chi connectivity index (χ1v) is 5.07. The van der Waals surface area contributed by atoms with Gasteiger partial charge in [-0.3, -0.25) is 0 Å². The standard InChI is InChI=1S/C12H16O3/c1-8-4-11(13-2)10(6-9-7-15-9)12(5-8)14-3/h4-5,9H,6-7H2,1-3H3. The maximum Gasteiger partial charge on any atom is 0.126 e. The summed E-state index contributed by atoms with van der Waals surface area (Å²) in [5.41, 5.74) is 2.25. The van der Waals surface area contributed by atoms with E-state index in [1.165, 1.54) is 0 Å². The van der Waals surface area contributed by atoms with Crippen LogP contribution in [0, 0.1) is 6.92 Å². The van der Waals surface area contributed by atoms with E-state index in [1.54, 1.807) is 14.2 Å². The summed E-state index contributed by atoms with van der Waals surface area (Å²) in [5, 5.41) is 0. The molecule has 1 aromatic rings. The summed E-state index contributed by atoms with van der Waals surface area (Å²) in [6.45, 7) is 2.88. The van der Waals surface area contributed by atoms with Gasteiger partial charge in [0.25, 0.3) is 0 Å². The normalized spacial score (nSPS) is 18.7. The van der Waals surface area contributed by atoms with E-state index in [2.05, 4.69) is 0 Å². The predicted octanol–water partition coefficient (Wildman–Crippen LogP) is 1.95. The molecule has 3 nitrogen and oxygen atoms in total. The number of hydrogen-bond donors (Lipinski definition) is 0. The molecule has 1 atom stereocenters. The first-order chi connectivity index (χ1) is 7.24. The van der Waals surface area contributed by atoms with Crippen LogP contribution in [0.4, 0.5) is 0 Å². The molecule has 1 aliphatic heterocycles. The second-order valence-corrected chi connectivity index (χ2v) is 3.81. The smallest absolute Gasteiger partial charge is 0.126 e. The number of ether oxygens (including phenoxy) is 3. The van der Waals surface area contributed by atoms with Crippen LogP contribution in [-0.2, 0) is 11.2 Å². The van der Waals surface area contributed by atoms with Crippen molar-refractivity contribution in [2.24, 2.45) is 0 Å². The lowest BCUT2D eigenvalue weighted by Crippen LogP contribution is -2.01. The number of aryl methyl sites for hydroxylation is 1. The molecule has 1 heterocycles. The van der Waals surface area contributed by atoms with Gasteiger partial charge in [0.05, 0.1) is 26.9 Å². The third-order valence-electron chi connectivity index (χ3n) is 2.59. The average Bonchev–Trinajstić information content (AvgIpc) is 3.03. The van der Waals surface area contributed by atoms with Crippen LogP contribution in [0.2, 0.25) is 0 Å². The molecule has 0 aliphatic carbocycles. The zero-order chi connectivity index (χ0) is 10.8. The molecule has 1 unspecified atom stereocenters. The molecule has 3 heteroatoms. The van der Waals surface area contributed by atoms with Crippen LogP contribution in [0.3, 0.4) is 0 Å². The summed E-state index contributed by atoms with van der Waals surface area (Å²) < 4.78 is 16.0. The summed E-state index contributed by atoms with van der Waals surface area (Å²) in [5.74, 6) is 1.78. The zero-order valence-corrected chi connectivity index (χ0v) is 9.37. The van der Waals surface area contributed by atoms with Crippen molar-refractivity contribution in [2.45, 2.75) is 19.4 Å². The van der Waals surface area contributed by atoms with E-state index in [4.69, 9.17) is 14.2 Å². The van der Waals surface area contributed by atoms with E-state index in [9.17, 15) is 0 Å². The largest absolute Gasteiger partial charge is 0.496 e. The van der Waals surface area contributed by atoms with E-state index in [1.807, 2.05) is 19.1 Å². The molecule has 2 rings (SSSR count). The lowest BCUT2D eigenvalue weighted by atomic mass is 10.0. The molecule has 0 aromatic heterocycles. The number of rotatable bonds is 4. The molecule has 1 saturated heterocycles. The van der Waals surface area contributed by atoms with Gasteiger partial charge < -0.3 is 14.2 Å². The van der Waals surface area contributed by atoms with E-state index < -0.39 is 0 Å². The van der Waals surface area contributed by atoms with Crippen molar-refractivity contribution in [3.05, 3.63) is 23.3 Å². The molecule has 1 aliphatic rings. The highest BCUT2D eigenvalue weighted by Crippen LogP contribution is 2.33. The monoisotopic (exact) mass is 208 g/mol. The minimum Gasteiger partial charge on any atom is -0.496 e. The molecule has 0 radical (unpaired) electrons. The van der Waals surface area contributed by atoms with Gasteiger partial charge >= 0.3 is 0 Å². The van der Waals surface area contributed by atoms with Gasteiger partial charge in [0.1, 0.15) is 11.5 Å². The van der Waals surface area contributed by atoms with Crippen LogP contribution in [0.5, 0.6) is 11.5 Å². The Kier molecular flexibility index (Phi) is 2.82. The van der Waals surface area contributed by atoms with Gasteiger partial charge in [-0.1, -0.05) is 0 Å². The van der Waals surface area contributed by atoms with Gasteiger partial charge in [-0.25, -0.2) is 0 Å². The van der Waals surface area contributed by atoms with E-state index in [0.29, 0.717) is 6.10 Å². The molecule has 1 aromatic carbocycles. The molecule has 82 valence electrons. The fourth-order valence-electron chi connectivity index (χ4n) is 1.73. The molecule has 0 saturated carbocycles. The van der Waals surface area contributed by atoms with Crippen molar-refractivity contribution in [2.75, 3.05) is 20.8 Å². The highest BCUT2D eigenvalue weighted by Gasteiger charge is 2.26. The minimum absolute atomic E-state index is 0.343. The van der Waals surface area contributed by atoms with Gasteiger partial charge in [0, 0.05) is 12.0 Å². The van der Waals surface area contributed by atoms with Crippen molar-refractivity contribution in [1.82, 2.24) is 0 Å². The third kappa shape index (κ3) is 2.23. The van der Waals surface area contributed by atoms with Crippen molar-refractivity contribution in [3.8, 4) is 11.5 Å². The van der Waals surface area contributed by atoms with Crippen molar-refractivity contribution in [3.63, 3.8) is 0 Å². The van der Waals surface area contributed by atoms with Crippen molar-refractivity contribution < 1.29 is 14.2 Å². The second kappa shape index (κ2) is 4.11. The van der Waals surface area contributed by atoms with Gasteiger partial charge in [-0.2, -0.15) is 0 Å². The van der Waals surface area contributed by atoms with E-state index in [0.717, 1.165) is 35.7 Å². The average molecular weight is 208 g/mol. The number of benzene rings is 1. The lowest BCUT2D eigenvalue weighted by molar-refractivity contribution is 0.370. The Morgan fingerprint density at radius 1 is 1.27 bits per heavy atom. The summed E-state index contributed by atoms with van der Waals surface area (Å²) in [6, 6.07) is 4.06. The van der Waals surface area contributed by atoms with Gasteiger partial charge in [0.2, 0.25) is 0 Å². The SMILES string of the molecule is COc1cc(C)cc(OC)c1CC1CO1. The molecular formula is C12H16O3. The maximum atomic E-state index is 5.36. The molecule has 15 heavy (non-hydrogen) atoms. The molecule has 0 N–H and O–H groups in total. The fourth-order valence-corrected chi connectivity index (χ4v) is 1.73. The Balaban J connectivity index is 2.36. The minimum atomic E-state index is 0.343. The van der Waals surface area contributed by atoms with Crippen LogP contribution in [0.25, 0.3) is 0 Å². The van der Waals surface area contributed by atoms with Crippen LogP contribution < -0.4 is 9.47 Å². The van der Waals surface area contributed by atoms with E-state index >= 15 is 0 Å².